The van der Waals surface area contributed by atoms with E-state index in [4.69, 9.17) is 16.3 Å². The third-order valence-corrected chi connectivity index (χ3v) is 3.61. The molecule has 0 fully saturated rings. The number of nitrogens with one attached hydrogen (secondary N) is 1. The Labute approximate surface area is 132 Å². The molecule has 2 aromatic carbocycles. The van der Waals surface area contributed by atoms with E-state index >= 15 is 0 Å². The van der Waals surface area contributed by atoms with Crippen LogP contribution in [0.1, 0.15) is 30.9 Å². The van der Waals surface area contributed by atoms with Gasteiger partial charge in [-0.15, -0.1) is 0 Å². The summed E-state index contributed by atoms with van der Waals surface area (Å²) in [6, 6.07) is 14.1. The average Bonchev–Trinajstić information content (AvgIpc) is 2.50. The maximum absolute atomic E-state index is 6.02. The summed E-state index contributed by atoms with van der Waals surface area (Å²) in [5.41, 5.74) is 3.49. The van der Waals surface area contributed by atoms with Crippen molar-refractivity contribution in [3.8, 4) is 5.75 Å². The Kier molecular flexibility index (Phi) is 5.94. The lowest BCUT2D eigenvalue weighted by molar-refractivity contribution is 0.309. The van der Waals surface area contributed by atoms with Crippen LogP contribution in [0.25, 0.3) is 0 Å². The second-order valence-corrected chi connectivity index (χ2v) is 5.60. The minimum Gasteiger partial charge on any atom is -0.494 e. The zero-order chi connectivity index (χ0) is 15.1. The zero-order valence-corrected chi connectivity index (χ0v) is 13.4. The molecule has 0 spiro atoms. The van der Waals surface area contributed by atoms with Gasteiger partial charge >= 0.3 is 0 Å². The first-order valence-electron chi connectivity index (χ1n) is 7.41. The van der Waals surface area contributed by atoms with Crippen molar-refractivity contribution in [3.05, 3.63) is 58.6 Å². The Hall–Kier alpha value is -1.67. The van der Waals surface area contributed by atoms with Crippen LogP contribution in [0.5, 0.6) is 5.75 Å². The summed E-state index contributed by atoms with van der Waals surface area (Å²) in [5.74, 6) is 0.936. The summed E-state index contributed by atoms with van der Waals surface area (Å²) < 4.78 is 5.66. The highest BCUT2D eigenvalue weighted by Crippen LogP contribution is 2.21. The van der Waals surface area contributed by atoms with E-state index in [9.17, 15) is 0 Å². The Morgan fingerprint density at radius 3 is 2.57 bits per heavy atom. The van der Waals surface area contributed by atoms with Crippen molar-refractivity contribution in [1.82, 2.24) is 0 Å². The van der Waals surface area contributed by atoms with Gasteiger partial charge in [-0.1, -0.05) is 43.1 Å². The maximum Gasteiger partial charge on any atom is 0.119 e. The van der Waals surface area contributed by atoms with Gasteiger partial charge in [0.2, 0.25) is 0 Å². The fourth-order valence-electron chi connectivity index (χ4n) is 2.02. The monoisotopic (exact) mass is 303 g/mol. The first-order valence-corrected chi connectivity index (χ1v) is 7.78. The lowest BCUT2D eigenvalue weighted by Gasteiger charge is -2.11. The van der Waals surface area contributed by atoms with Crippen molar-refractivity contribution < 1.29 is 4.74 Å². The minimum absolute atomic E-state index is 0.753. The predicted molar refractivity (Wildman–Crippen MR) is 90.4 cm³/mol. The highest BCUT2D eigenvalue weighted by Gasteiger charge is 2.00. The van der Waals surface area contributed by atoms with Gasteiger partial charge in [0.15, 0.2) is 0 Å². The number of aryl methyl sites for hydroxylation is 1. The number of unbranched alkanes of at least 4 members (excludes halogenated alkanes) is 1. The summed E-state index contributed by atoms with van der Waals surface area (Å²) in [6.45, 7) is 5.80. The molecule has 0 aliphatic heterocycles. The van der Waals surface area contributed by atoms with E-state index in [1.54, 1.807) is 0 Å². The molecule has 112 valence electrons. The third-order valence-electron chi connectivity index (χ3n) is 3.37. The van der Waals surface area contributed by atoms with Gasteiger partial charge < -0.3 is 10.1 Å². The molecule has 0 heterocycles. The van der Waals surface area contributed by atoms with Crippen LogP contribution < -0.4 is 10.1 Å². The van der Waals surface area contributed by atoms with E-state index in [2.05, 4.69) is 31.3 Å². The van der Waals surface area contributed by atoms with Gasteiger partial charge in [0.05, 0.1) is 6.61 Å². The van der Waals surface area contributed by atoms with Crippen LogP contribution in [0.3, 0.4) is 0 Å². The number of benzene rings is 2. The molecule has 0 saturated heterocycles. The molecule has 0 radical (unpaired) electrons. The molecule has 0 amide bonds. The Morgan fingerprint density at radius 1 is 1.10 bits per heavy atom. The van der Waals surface area contributed by atoms with Crippen molar-refractivity contribution in [1.29, 1.82) is 0 Å². The van der Waals surface area contributed by atoms with Crippen molar-refractivity contribution in [3.63, 3.8) is 0 Å². The molecule has 2 aromatic rings. The second kappa shape index (κ2) is 7.94. The molecule has 0 aliphatic rings. The molecule has 0 aliphatic carbocycles. The van der Waals surface area contributed by atoms with Crippen molar-refractivity contribution in [2.24, 2.45) is 0 Å². The molecule has 1 N–H and O–H groups in total. The molecule has 0 saturated carbocycles. The second-order valence-electron chi connectivity index (χ2n) is 5.16. The number of halogens is 1. The van der Waals surface area contributed by atoms with Crippen LogP contribution in [0.2, 0.25) is 5.02 Å². The number of anilines is 1. The molecule has 0 bridgehead atoms. The predicted octanol–water partition coefficient (Wildman–Crippen LogP) is 5.44. The fraction of sp³-hybridized carbons (Fsp3) is 0.333. The summed E-state index contributed by atoms with van der Waals surface area (Å²) in [6.07, 6.45) is 2.25. The van der Waals surface area contributed by atoms with Crippen molar-refractivity contribution >= 4 is 17.3 Å². The number of ether oxygens (including phenoxy) is 1. The first kappa shape index (κ1) is 15.7. The first-order chi connectivity index (χ1) is 10.2. The largest absolute Gasteiger partial charge is 0.494 e. The summed E-state index contributed by atoms with van der Waals surface area (Å²) in [5, 5.41) is 4.17. The van der Waals surface area contributed by atoms with Gasteiger partial charge in [-0.05, 0) is 48.7 Å². The molecule has 0 unspecified atom stereocenters. The van der Waals surface area contributed by atoms with Crippen molar-refractivity contribution in [2.45, 2.75) is 33.2 Å². The smallest absolute Gasteiger partial charge is 0.119 e. The number of hydrogen-bond acceptors (Lipinski definition) is 2. The van der Waals surface area contributed by atoms with Gasteiger partial charge in [-0.2, -0.15) is 0 Å². The summed E-state index contributed by atoms with van der Waals surface area (Å²) in [7, 11) is 0. The van der Waals surface area contributed by atoms with Gasteiger partial charge in [-0.3, -0.25) is 0 Å². The van der Waals surface area contributed by atoms with Crippen LogP contribution in [0, 0.1) is 6.92 Å². The van der Waals surface area contributed by atoms with Gasteiger partial charge in [-0.25, -0.2) is 0 Å². The van der Waals surface area contributed by atoms with Gasteiger partial charge in [0.25, 0.3) is 0 Å². The van der Waals surface area contributed by atoms with Crippen LogP contribution in [-0.4, -0.2) is 6.61 Å². The van der Waals surface area contributed by atoms with Crippen molar-refractivity contribution in [2.75, 3.05) is 11.9 Å². The lowest BCUT2D eigenvalue weighted by atomic mass is 10.1. The van der Waals surface area contributed by atoms with E-state index in [-0.39, 0.29) is 0 Å². The lowest BCUT2D eigenvalue weighted by Crippen LogP contribution is -2.01. The summed E-state index contributed by atoms with van der Waals surface area (Å²) >= 11 is 6.02. The SMILES string of the molecule is CCCCOc1ccc(CNc2cc(Cl)ccc2C)cc1. The number of hydrogen-bond donors (Lipinski definition) is 1. The molecule has 21 heavy (non-hydrogen) atoms. The van der Waals surface area contributed by atoms with Gasteiger partial charge in [0, 0.05) is 17.3 Å². The van der Waals surface area contributed by atoms with E-state index < -0.39 is 0 Å². The number of rotatable bonds is 7. The highest BCUT2D eigenvalue weighted by atomic mass is 35.5. The maximum atomic E-state index is 6.02. The summed E-state index contributed by atoms with van der Waals surface area (Å²) in [4.78, 5) is 0. The third kappa shape index (κ3) is 4.98. The Balaban J connectivity index is 1.90. The normalized spacial score (nSPS) is 10.4. The van der Waals surface area contributed by atoms with Crippen LogP contribution in [0.15, 0.2) is 42.5 Å². The van der Waals surface area contributed by atoms with Crippen LogP contribution >= 0.6 is 11.6 Å². The van der Waals surface area contributed by atoms with Crippen LogP contribution in [0.4, 0.5) is 5.69 Å². The topological polar surface area (TPSA) is 21.3 Å². The quantitative estimate of drug-likeness (QED) is 0.688. The molecule has 3 heteroatoms. The fourth-order valence-corrected chi connectivity index (χ4v) is 2.19. The van der Waals surface area contributed by atoms with E-state index in [0.717, 1.165) is 42.5 Å². The van der Waals surface area contributed by atoms with Gasteiger partial charge in [0.1, 0.15) is 5.75 Å². The van der Waals surface area contributed by atoms with E-state index in [0.29, 0.717) is 0 Å². The molecule has 0 atom stereocenters. The van der Waals surface area contributed by atoms with E-state index in [1.807, 2.05) is 30.3 Å². The molecular weight excluding hydrogens is 282 g/mol. The minimum atomic E-state index is 0.753. The standard InChI is InChI=1S/C18H22ClNO/c1-3-4-11-21-17-9-6-15(7-10-17)13-20-18-12-16(19)8-5-14(18)2/h5-10,12,20H,3-4,11,13H2,1-2H3. The molecule has 2 rings (SSSR count). The highest BCUT2D eigenvalue weighted by molar-refractivity contribution is 6.30. The Morgan fingerprint density at radius 2 is 1.86 bits per heavy atom. The average molecular weight is 304 g/mol. The zero-order valence-electron chi connectivity index (χ0n) is 12.7. The van der Waals surface area contributed by atoms with Crippen LogP contribution in [-0.2, 0) is 6.54 Å². The van der Waals surface area contributed by atoms with E-state index in [1.165, 1.54) is 11.1 Å². The molecule has 2 nitrogen and oxygen atoms in total. The molecule has 0 aromatic heterocycles. The Bertz CT molecular complexity index is 566. The molecular formula is C18H22ClNO.